The summed E-state index contributed by atoms with van der Waals surface area (Å²) in [6.45, 7) is -0.0528. The highest BCUT2D eigenvalue weighted by molar-refractivity contribution is 7.89. The zero-order valence-corrected chi connectivity index (χ0v) is 16.9. The minimum atomic E-state index is -3.89. The van der Waals surface area contributed by atoms with Gasteiger partial charge in [-0.25, -0.2) is 17.5 Å². The van der Waals surface area contributed by atoms with E-state index in [0.717, 1.165) is 18.2 Å². The predicted molar refractivity (Wildman–Crippen MR) is 108 cm³/mol. The highest BCUT2D eigenvalue weighted by Gasteiger charge is 2.16. The lowest BCUT2D eigenvalue weighted by Gasteiger charge is -2.09. The van der Waals surface area contributed by atoms with Gasteiger partial charge in [-0.1, -0.05) is 23.7 Å². The molecular weight excluding hydrogens is 435 g/mol. The third-order valence-corrected chi connectivity index (χ3v) is 5.70. The summed E-state index contributed by atoms with van der Waals surface area (Å²) in [4.78, 5) is 26.4. The maximum Gasteiger partial charge on any atom is 0.286 e. The van der Waals surface area contributed by atoms with Crippen LogP contribution in [0.1, 0.15) is 26.4 Å². The lowest BCUT2D eigenvalue weighted by molar-refractivity contribution is 0.0844. The molecule has 0 unspecified atom stereocenters. The van der Waals surface area contributed by atoms with Gasteiger partial charge in [0, 0.05) is 18.3 Å². The molecule has 0 saturated carbocycles. The van der Waals surface area contributed by atoms with Crippen molar-refractivity contribution in [1.29, 1.82) is 0 Å². The number of aromatic nitrogens is 1. The third kappa shape index (κ3) is 5.23. The Balaban J connectivity index is 1.56. The van der Waals surface area contributed by atoms with Crippen LogP contribution in [-0.2, 0) is 16.6 Å². The van der Waals surface area contributed by atoms with Crippen LogP contribution in [0.15, 0.2) is 65.7 Å². The van der Waals surface area contributed by atoms with E-state index >= 15 is 0 Å². The van der Waals surface area contributed by atoms with Gasteiger partial charge in [-0.3, -0.25) is 20.4 Å². The van der Waals surface area contributed by atoms with Gasteiger partial charge in [-0.2, -0.15) is 0 Å². The van der Waals surface area contributed by atoms with Crippen molar-refractivity contribution in [1.82, 2.24) is 20.6 Å². The van der Waals surface area contributed by atoms with E-state index in [1.54, 1.807) is 30.5 Å². The molecule has 1 heterocycles. The summed E-state index contributed by atoms with van der Waals surface area (Å²) in [5.41, 5.74) is 5.69. The molecule has 2 aromatic carbocycles. The van der Waals surface area contributed by atoms with Gasteiger partial charge < -0.3 is 4.98 Å². The Kier molecular flexibility index (Phi) is 6.50. The van der Waals surface area contributed by atoms with Gasteiger partial charge in [0.1, 0.15) is 11.5 Å². The van der Waals surface area contributed by atoms with Crippen molar-refractivity contribution in [2.75, 3.05) is 0 Å². The Hall–Kier alpha value is -3.21. The summed E-state index contributed by atoms with van der Waals surface area (Å²) < 4.78 is 40.2. The van der Waals surface area contributed by atoms with Crippen molar-refractivity contribution in [3.05, 3.63) is 88.5 Å². The topological polar surface area (TPSA) is 120 Å². The number of benzene rings is 2. The first kappa shape index (κ1) is 21.5. The molecule has 11 heteroatoms. The first-order chi connectivity index (χ1) is 14.3. The van der Waals surface area contributed by atoms with Crippen LogP contribution in [-0.4, -0.2) is 25.2 Å². The molecule has 30 heavy (non-hydrogen) atoms. The summed E-state index contributed by atoms with van der Waals surface area (Å²) in [5.74, 6) is -1.75. The van der Waals surface area contributed by atoms with Crippen LogP contribution < -0.4 is 15.6 Å². The summed E-state index contributed by atoms with van der Waals surface area (Å²) in [6.07, 6.45) is 1.58. The molecule has 3 aromatic rings. The van der Waals surface area contributed by atoms with E-state index < -0.39 is 27.7 Å². The van der Waals surface area contributed by atoms with Crippen molar-refractivity contribution in [3.8, 4) is 0 Å². The number of hydrogen-bond donors (Lipinski definition) is 4. The van der Waals surface area contributed by atoms with Crippen molar-refractivity contribution < 1.29 is 22.4 Å². The lowest BCUT2D eigenvalue weighted by atomic mass is 10.1. The van der Waals surface area contributed by atoms with Gasteiger partial charge in [0.05, 0.1) is 9.92 Å². The molecule has 0 radical (unpaired) electrons. The Bertz CT molecular complexity index is 1170. The fourth-order valence-electron chi connectivity index (χ4n) is 2.40. The second-order valence-electron chi connectivity index (χ2n) is 6.09. The fraction of sp³-hybridized carbons (Fsp3) is 0.0526. The van der Waals surface area contributed by atoms with E-state index in [1.165, 1.54) is 12.1 Å². The van der Waals surface area contributed by atoms with Gasteiger partial charge >= 0.3 is 0 Å². The molecular formula is C19H16ClFN4O4S. The lowest BCUT2D eigenvalue weighted by Crippen LogP contribution is -2.41. The van der Waals surface area contributed by atoms with Gasteiger partial charge in [0.25, 0.3) is 11.8 Å². The van der Waals surface area contributed by atoms with Crippen molar-refractivity contribution in [3.63, 3.8) is 0 Å². The fourth-order valence-corrected chi connectivity index (χ4v) is 3.69. The number of amides is 2. The number of sulfonamides is 1. The number of carbonyl (C=O) groups is 2. The minimum Gasteiger partial charge on any atom is -0.357 e. The van der Waals surface area contributed by atoms with Crippen LogP contribution in [0, 0.1) is 5.82 Å². The van der Waals surface area contributed by atoms with E-state index in [-0.39, 0.29) is 22.0 Å². The predicted octanol–water partition coefficient (Wildman–Crippen LogP) is 2.36. The Morgan fingerprint density at radius 1 is 1.00 bits per heavy atom. The van der Waals surface area contributed by atoms with Crippen molar-refractivity contribution >= 4 is 33.4 Å². The average Bonchev–Trinajstić information content (AvgIpc) is 3.27. The maximum absolute atomic E-state index is 13.2. The average molecular weight is 451 g/mol. The number of rotatable bonds is 6. The summed E-state index contributed by atoms with van der Waals surface area (Å²) in [7, 11) is -3.89. The number of carbonyl (C=O) groups excluding carboxylic acids is 2. The monoisotopic (exact) mass is 450 g/mol. The smallest absolute Gasteiger partial charge is 0.286 e. The first-order valence-corrected chi connectivity index (χ1v) is 10.4. The molecule has 0 saturated heterocycles. The van der Waals surface area contributed by atoms with E-state index in [0.29, 0.717) is 11.3 Å². The molecule has 3 rings (SSSR count). The zero-order valence-electron chi connectivity index (χ0n) is 15.3. The quantitative estimate of drug-likeness (QED) is 0.431. The number of hydrogen-bond acceptors (Lipinski definition) is 4. The SMILES string of the molecule is O=C(NNC(=O)c1ccc[nH]1)c1ccc(CNS(=O)(=O)c2ccc(F)c(Cl)c2)cc1. The molecule has 2 amide bonds. The molecule has 0 aliphatic heterocycles. The van der Waals surface area contributed by atoms with Crippen LogP contribution in [0.2, 0.25) is 5.02 Å². The third-order valence-electron chi connectivity index (χ3n) is 4.02. The highest BCUT2D eigenvalue weighted by atomic mass is 35.5. The molecule has 0 aliphatic carbocycles. The van der Waals surface area contributed by atoms with E-state index in [9.17, 15) is 22.4 Å². The summed E-state index contributed by atoms with van der Waals surface area (Å²) >= 11 is 5.63. The number of H-pyrrole nitrogens is 1. The molecule has 0 spiro atoms. The minimum absolute atomic E-state index is 0.0528. The van der Waals surface area contributed by atoms with E-state index in [1.807, 2.05) is 0 Å². The second-order valence-corrected chi connectivity index (χ2v) is 8.26. The van der Waals surface area contributed by atoms with Gasteiger partial charge in [-0.05, 0) is 48.0 Å². The standard InChI is InChI=1S/C19H16ClFN4O4S/c20-15-10-14(7-8-16(15)21)30(28,29)23-11-12-3-5-13(6-4-12)18(26)24-25-19(27)17-2-1-9-22-17/h1-10,22-23H,11H2,(H,24,26)(H,25,27). The maximum atomic E-state index is 13.2. The summed E-state index contributed by atoms with van der Waals surface area (Å²) in [6, 6.07) is 12.4. The second kappa shape index (κ2) is 9.08. The largest absolute Gasteiger partial charge is 0.357 e. The molecule has 0 fully saturated rings. The van der Waals surface area contributed by atoms with Crippen LogP contribution in [0.25, 0.3) is 0 Å². The van der Waals surface area contributed by atoms with Gasteiger partial charge in [0.15, 0.2) is 0 Å². The van der Waals surface area contributed by atoms with Crippen molar-refractivity contribution in [2.45, 2.75) is 11.4 Å². The van der Waals surface area contributed by atoms with Gasteiger partial charge in [0.2, 0.25) is 10.0 Å². The first-order valence-electron chi connectivity index (χ1n) is 8.54. The molecule has 0 bridgehead atoms. The Morgan fingerprint density at radius 3 is 2.33 bits per heavy atom. The number of nitrogens with one attached hydrogen (secondary N) is 4. The number of halogens is 2. The van der Waals surface area contributed by atoms with Crippen LogP contribution in [0.4, 0.5) is 4.39 Å². The van der Waals surface area contributed by atoms with E-state index in [4.69, 9.17) is 11.6 Å². The van der Waals surface area contributed by atoms with Crippen LogP contribution >= 0.6 is 11.6 Å². The Morgan fingerprint density at radius 2 is 1.70 bits per heavy atom. The molecule has 4 N–H and O–H groups in total. The molecule has 0 atom stereocenters. The zero-order chi connectivity index (χ0) is 21.7. The molecule has 1 aromatic heterocycles. The normalized spacial score (nSPS) is 11.1. The van der Waals surface area contributed by atoms with E-state index in [2.05, 4.69) is 20.6 Å². The Labute approximate surface area is 176 Å². The van der Waals surface area contributed by atoms with Gasteiger partial charge in [-0.15, -0.1) is 0 Å². The molecule has 8 nitrogen and oxygen atoms in total. The van der Waals surface area contributed by atoms with Crippen molar-refractivity contribution in [2.24, 2.45) is 0 Å². The number of hydrazine groups is 1. The summed E-state index contributed by atoms with van der Waals surface area (Å²) in [5, 5.41) is -0.295. The highest BCUT2D eigenvalue weighted by Crippen LogP contribution is 2.19. The van der Waals surface area contributed by atoms with Crippen LogP contribution in [0.3, 0.4) is 0 Å². The molecule has 0 aliphatic rings. The number of aromatic amines is 1. The molecule has 156 valence electrons. The van der Waals surface area contributed by atoms with Crippen LogP contribution in [0.5, 0.6) is 0 Å².